The number of hydrogen-bond donors (Lipinski definition) is 1. The molecule has 1 heterocycles. The summed E-state index contributed by atoms with van der Waals surface area (Å²) >= 11 is 1.68. The summed E-state index contributed by atoms with van der Waals surface area (Å²) in [5.41, 5.74) is 3.19. The van der Waals surface area contributed by atoms with Crippen molar-refractivity contribution in [1.82, 2.24) is 10.2 Å². The van der Waals surface area contributed by atoms with Crippen molar-refractivity contribution in [3.63, 3.8) is 0 Å². The van der Waals surface area contributed by atoms with Crippen molar-refractivity contribution in [2.45, 2.75) is 23.3 Å². The van der Waals surface area contributed by atoms with Gasteiger partial charge in [-0.05, 0) is 48.4 Å². The normalized spacial score (nSPS) is 15.1. The zero-order valence-electron chi connectivity index (χ0n) is 16.0. The predicted octanol–water partition coefficient (Wildman–Crippen LogP) is 5.24. The van der Waals surface area contributed by atoms with Crippen molar-refractivity contribution in [3.8, 4) is 0 Å². The topological polar surface area (TPSA) is 49.4 Å². The molecular weight excluding hydrogens is 380 g/mol. The van der Waals surface area contributed by atoms with Crippen LogP contribution in [0.3, 0.4) is 0 Å². The highest BCUT2D eigenvalue weighted by molar-refractivity contribution is 7.99. The third kappa shape index (κ3) is 4.58. The summed E-state index contributed by atoms with van der Waals surface area (Å²) in [4.78, 5) is 28.5. The molecule has 0 unspecified atom stereocenters. The average Bonchev–Trinajstić information content (AvgIpc) is 2.98. The summed E-state index contributed by atoms with van der Waals surface area (Å²) in [7, 11) is 0. The van der Waals surface area contributed by atoms with E-state index in [0.717, 1.165) is 21.6 Å². The number of amides is 3. The van der Waals surface area contributed by atoms with E-state index in [1.807, 2.05) is 73.7 Å². The Balaban J connectivity index is 1.46. The second-order valence-electron chi connectivity index (χ2n) is 6.85. The minimum Gasteiger partial charge on any atom is -0.303 e. The van der Waals surface area contributed by atoms with Crippen LogP contribution in [0.25, 0.3) is 6.08 Å². The minimum atomic E-state index is -0.390. The zero-order valence-corrected chi connectivity index (χ0v) is 16.8. The largest absolute Gasteiger partial charge is 0.329 e. The second kappa shape index (κ2) is 8.37. The first-order chi connectivity index (χ1) is 14.1. The molecular formula is C24H20N2O2S. The van der Waals surface area contributed by atoms with Crippen molar-refractivity contribution in [2.24, 2.45) is 0 Å². The van der Waals surface area contributed by atoms with E-state index in [1.54, 1.807) is 17.8 Å². The molecule has 4 nitrogen and oxygen atoms in total. The van der Waals surface area contributed by atoms with Crippen LogP contribution < -0.4 is 5.32 Å². The van der Waals surface area contributed by atoms with Gasteiger partial charge in [-0.2, -0.15) is 0 Å². The van der Waals surface area contributed by atoms with Gasteiger partial charge < -0.3 is 5.32 Å². The summed E-state index contributed by atoms with van der Waals surface area (Å²) < 4.78 is 0. The number of carbonyl (C=O) groups is 2. The summed E-state index contributed by atoms with van der Waals surface area (Å²) in [6, 6.07) is 25.5. The number of imide groups is 1. The van der Waals surface area contributed by atoms with E-state index in [9.17, 15) is 9.59 Å². The van der Waals surface area contributed by atoms with E-state index in [4.69, 9.17) is 0 Å². The number of aryl methyl sites for hydroxylation is 1. The van der Waals surface area contributed by atoms with Gasteiger partial charge in [-0.1, -0.05) is 71.9 Å². The number of urea groups is 1. The Labute approximate surface area is 174 Å². The van der Waals surface area contributed by atoms with Crippen LogP contribution in [-0.4, -0.2) is 16.8 Å². The Hall–Kier alpha value is -3.31. The van der Waals surface area contributed by atoms with Crippen LogP contribution in [0.15, 0.2) is 94.4 Å². The van der Waals surface area contributed by atoms with E-state index < -0.39 is 0 Å². The van der Waals surface area contributed by atoms with Crippen LogP contribution >= 0.6 is 11.8 Å². The van der Waals surface area contributed by atoms with E-state index in [-0.39, 0.29) is 18.5 Å². The SMILES string of the molecule is Cc1cccc(CN2C(=O)N/C(=C/c3ccc(Sc4ccccc4)cc3)C2=O)c1. The van der Waals surface area contributed by atoms with Crippen LogP contribution in [0.4, 0.5) is 4.79 Å². The lowest BCUT2D eigenvalue weighted by Crippen LogP contribution is -2.30. The van der Waals surface area contributed by atoms with E-state index in [2.05, 4.69) is 17.4 Å². The van der Waals surface area contributed by atoms with E-state index in [1.165, 1.54) is 9.80 Å². The maximum absolute atomic E-state index is 12.7. The molecule has 0 atom stereocenters. The van der Waals surface area contributed by atoms with Crippen LogP contribution in [-0.2, 0) is 11.3 Å². The monoisotopic (exact) mass is 400 g/mol. The van der Waals surface area contributed by atoms with Gasteiger partial charge in [0.05, 0.1) is 6.54 Å². The minimum absolute atomic E-state index is 0.260. The molecule has 3 aromatic carbocycles. The molecule has 1 fully saturated rings. The van der Waals surface area contributed by atoms with Gasteiger partial charge in [0.15, 0.2) is 0 Å². The number of hydrogen-bond acceptors (Lipinski definition) is 3. The van der Waals surface area contributed by atoms with Crippen molar-refractivity contribution in [3.05, 3.63) is 101 Å². The lowest BCUT2D eigenvalue weighted by atomic mass is 10.1. The number of benzene rings is 3. The molecule has 3 amide bonds. The predicted molar refractivity (Wildman–Crippen MR) is 115 cm³/mol. The molecule has 3 aromatic rings. The van der Waals surface area contributed by atoms with Crippen LogP contribution in [0.2, 0.25) is 0 Å². The van der Waals surface area contributed by atoms with E-state index in [0.29, 0.717) is 5.70 Å². The van der Waals surface area contributed by atoms with Crippen molar-refractivity contribution in [1.29, 1.82) is 0 Å². The summed E-state index contributed by atoms with van der Waals surface area (Å²) in [6.45, 7) is 2.25. The fourth-order valence-electron chi connectivity index (χ4n) is 3.13. The van der Waals surface area contributed by atoms with Crippen molar-refractivity contribution in [2.75, 3.05) is 0 Å². The van der Waals surface area contributed by atoms with Crippen LogP contribution in [0.5, 0.6) is 0 Å². The highest BCUT2D eigenvalue weighted by atomic mass is 32.2. The molecule has 29 heavy (non-hydrogen) atoms. The standard InChI is InChI=1S/C24H20N2O2S/c1-17-6-5-7-19(14-17)16-26-23(27)22(25-24(26)28)15-18-10-12-21(13-11-18)29-20-8-3-2-4-9-20/h2-15H,16H2,1H3,(H,25,28)/b22-15+. The third-order valence-corrected chi connectivity index (χ3v) is 5.57. The Bertz CT molecular complexity index is 1080. The molecule has 4 rings (SSSR count). The van der Waals surface area contributed by atoms with Gasteiger partial charge in [0.1, 0.15) is 5.70 Å². The van der Waals surface area contributed by atoms with Gasteiger partial charge in [-0.25, -0.2) is 4.79 Å². The Morgan fingerprint density at radius 1 is 0.897 bits per heavy atom. The lowest BCUT2D eigenvalue weighted by Gasteiger charge is -2.12. The molecule has 0 aliphatic carbocycles. The first kappa shape index (κ1) is 19.0. The maximum atomic E-state index is 12.7. The molecule has 0 radical (unpaired) electrons. The van der Waals surface area contributed by atoms with Crippen molar-refractivity contribution < 1.29 is 9.59 Å². The number of nitrogens with zero attached hydrogens (tertiary/aromatic N) is 1. The average molecular weight is 401 g/mol. The fraction of sp³-hybridized carbons (Fsp3) is 0.0833. The number of rotatable bonds is 5. The van der Waals surface area contributed by atoms with Gasteiger partial charge in [0.25, 0.3) is 5.91 Å². The van der Waals surface area contributed by atoms with Gasteiger partial charge >= 0.3 is 6.03 Å². The van der Waals surface area contributed by atoms with Crippen LogP contribution in [0.1, 0.15) is 16.7 Å². The van der Waals surface area contributed by atoms with Gasteiger partial charge in [0.2, 0.25) is 0 Å². The molecule has 5 heteroatoms. The molecule has 1 N–H and O–H groups in total. The lowest BCUT2D eigenvalue weighted by molar-refractivity contribution is -0.123. The number of nitrogens with one attached hydrogen (secondary N) is 1. The summed E-state index contributed by atoms with van der Waals surface area (Å²) in [5, 5.41) is 2.68. The molecule has 1 aliphatic rings. The smallest absolute Gasteiger partial charge is 0.303 e. The summed E-state index contributed by atoms with van der Waals surface area (Å²) in [6.07, 6.45) is 1.72. The fourth-order valence-corrected chi connectivity index (χ4v) is 3.97. The highest BCUT2D eigenvalue weighted by Crippen LogP contribution is 2.28. The van der Waals surface area contributed by atoms with Crippen LogP contribution in [0, 0.1) is 6.92 Å². The van der Waals surface area contributed by atoms with Crippen molar-refractivity contribution >= 4 is 29.8 Å². The third-order valence-electron chi connectivity index (χ3n) is 4.56. The molecule has 0 aromatic heterocycles. The van der Waals surface area contributed by atoms with Gasteiger partial charge in [0, 0.05) is 9.79 Å². The zero-order chi connectivity index (χ0) is 20.2. The maximum Gasteiger partial charge on any atom is 0.329 e. The van der Waals surface area contributed by atoms with Gasteiger partial charge in [-0.15, -0.1) is 0 Å². The van der Waals surface area contributed by atoms with E-state index >= 15 is 0 Å². The molecule has 1 aliphatic heterocycles. The molecule has 1 saturated heterocycles. The number of carbonyl (C=O) groups excluding carboxylic acids is 2. The molecule has 0 saturated carbocycles. The quantitative estimate of drug-likeness (QED) is 0.471. The molecule has 144 valence electrons. The molecule has 0 bridgehead atoms. The summed E-state index contributed by atoms with van der Waals surface area (Å²) in [5.74, 6) is -0.306. The Morgan fingerprint density at radius 3 is 2.34 bits per heavy atom. The first-order valence-corrected chi connectivity index (χ1v) is 10.1. The molecule has 0 spiro atoms. The Kier molecular flexibility index (Phi) is 5.49. The van der Waals surface area contributed by atoms with Gasteiger partial charge in [-0.3, -0.25) is 9.69 Å². The first-order valence-electron chi connectivity index (χ1n) is 9.31. The second-order valence-corrected chi connectivity index (χ2v) is 8.00. The Morgan fingerprint density at radius 2 is 1.62 bits per heavy atom. The highest BCUT2D eigenvalue weighted by Gasteiger charge is 2.33.